The van der Waals surface area contributed by atoms with Gasteiger partial charge in [0.15, 0.2) is 0 Å². The van der Waals surface area contributed by atoms with Crippen molar-refractivity contribution in [2.24, 2.45) is 5.92 Å². The fourth-order valence-corrected chi connectivity index (χ4v) is 6.18. The summed E-state index contributed by atoms with van der Waals surface area (Å²) in [5.41, 5.74) is 2.84. The fourth-order valence-electron chi connectivity index (χ4n) is 6.18. The van der Waals surface area contributed by atoms with E-state index in [2.05, 4.69) is 10.2 Å². The minimum absolute atomic E-state index is 0. The van der Waals surface area contributed by atoms with Gasteiger partial charge in [-0.25, -0.2) is 4.39 Å². The molecule has 23 heavy (non-hydrogen) atoms. The summed E-state index contributed by atoms with van der Waals surface area (Å²) in [6.07, 6.45) is 6.82. The number of halogens is 1. The molecule has 3 heterocycles. The molecule has 3 nitrogen and oxygen atoms in total. The van der Waals surface area contributed by atoms with Crippen LogP contribution in [-0.4, -0.2) is 42.3 Å². The molecule has 6 rings (SSSR count). The standard InChI is InChI=1S/C19H23FN2O.H2/c20-12-1-3-15-14(9-12)18(11-21-15)5-7-22(8-6-18)16-10-19-13(16)2-4-17(19)23-19;/h1,3,9,13,16-17,21H,2,4-8,10-11H2;1H. The fraction of sp³-hybridized carbons (Fsp3) is 0.684. The smallest absolute Gasteiger partial charge is 0.123 e. The van der Waals surface area contributed by atoms with Crippen molar-refractivity contribution in [2.45, 2.75) is 55.3 Å². The maximum atomic E-state index is 13.7. The molecule has 5 aliphatic rings. The second-order valence-electron chi connectivity index (χ2n) is 8.38. The first-order chi connectivity index (χ1) is 11.2. The van der Waals surface area contributed by atoms with Gasteiger partial charge in [0.2, 0.25) is 0 Å². The van der Waals surface area contributed by atoms with Gasteiger partial charge in [-0.05, 0) is 69.0 Å². The Morgan fingerprint density at radius 1 is 1.26 bits per heavy atom. The molecule has 1 aromatic carbocycles. The first-order valence-corrected chi connectivity index (χ1v) is 9.16. The van der Waals surface area contributed by atoms with Gasteiger partial charge in [-0.15, -0.1) is 0 Å². The van der Waals surface area contributed by atoms with Gasteiger partial charge in [-0.3, -0.25) is 4.90 Å². The van der Waals surface area contributed by atoms with Crippen molar-refractivity contribution in [2.75, 3.05) is 25.0 Å². The molecule has 2 spiro atoms. The van der Waals surface area contributed by atoms with E-state index in [4.69, 9.17) is 4.74 Å². The normalized spacial score (nSPS) is 42.6. The Balaban J connectivity index is 0.00000131. The third-order valence-corrected chi connectivity index (χ3v) is 7.60. The summed E-state index contributed by atoms with van der Waals surface area (Å²) in [6, 6.07) is 5.99. The highest BCUT2D eigenvalue weighted by Crippen LogP contribution is 2.66. The summed E-state index contributed by atoms with van der Waals surface area (Å²) in [6.45, 7) is 3.28. The van der Waals surface area contributed by atoms with Gasteiger partial charge in [0, 0.05) is 31.0 Å². The number of likely N-dealkylation sites (tertiary alicyclic amines) is 1. The van der Waals surface area contributed by atoms with Crippen LogP contribution in [0.25, 0.3) is 0 Å². The van der Waals surface area contributed by atoms with E-state index in [1.165, 1.54) is 24.8 Å². The number of hydrogen-bond acceptors (Lipinski definition) is 3. The lowest BCUT2D eigenvalue weighted by Gasteiger charge is -2.51. The van der Waals surface area contributed by atoms with Crippen LogP contribution in [0.3, 0.4) is 0 Å². The zero-order valence-electron chi connectivity index (χ0n) is 13.4. The van der Waals surface area contributed by atoms with Gasteiger partial charge in [-0.2, -0.15) is 0 Å². The minimum Gasteiger partial charge on any atom is -0.384 e. The van der Waals surface area contributed by atoms with E-state index in [1.807, 2.05) is 6.07 Å². The van der Waals surface area contributed by atoms with Crippen molar-refractivity contribution >= 4 is 5.69 Å². The summed E-state index contributed by atoms with van der Waals surface area (Å²) < 4.78 is 19.6. The van der Waals surface area contributed by atoms with Crippen LogP contribution in [0, 0.1) is 11.7 Å². The zero-order valence-corrected chi connectivity index (χ0v) is 13.4. The summed E-state index contributed by atoms with van der Waals surface area (Å²) in [5.74, 6) is 0.700. The number of fused-ring (bicyclic) bond motifs is 2. The molecule has 4 heteroatoms. The molecule has 3 aliphatic heterocycles. The summed E-state index contributed by atoms with van der Waals surface area (Å²) in [5, 5.41) is 3.50. The number of epoxide rings is 1. The SMILES string of the molecule is Fc1ccc2c(c1)C1(CCN(C3CC45OC4CCC35)CC1)CN2.[HH]. The predicted molar refractivity (Wildman–Crippen MR) is 88.2 cm³/mol. The summed E-state index contributed by atoms with van der Waals surface area (Å²) in [7, 11) is 0. The third kappa shape index (κ3) is 1.57. The van der Waals surface area contributed by atoms with Crippen LogP contribution < -0.4 is 5.32 Å². The maximum Gasteiger partial charge on any atom is 0.123 e. The lowest BCUT2D eigenvalue weighted by atomic mass is 9.67. The van der Waals surface area contributed by atoms with Crippen LogP contribution in [0.5, 0.6) is 0 Å². The highest BCUT2D eigenvalue weighted by atomic mass is 19.1. The monoisotopic (exact) mass is 316 g/mol. The second-order valence-corrected chi connectivity index (χ2v) is 8.38. The van der Waals surface area contributed by atoms with Gasteiger partial charge in [-0.1, -0.05) is 0 Å². The van der Waals surface area contributed by atoms with Gasteiger partial charge >= 0.3 is 0 Å². The molecule has 4 unspecified atom stereocenters. The Bertz CT molecular complexity index is 688. The summed E-state index contributed by atoms with van der Waals surface area (Å²) >= 11 is 0. The number of rotatable bonds is 1. The molecule has 0 aromatic heterocycles. The summed E-state index contributed by atoms with van der Waals surface area (Å²) in [4.78, 5) is 2.71. The number of benzene rings is 1. The largest absolute Gasteiger partial charge is 0.384 e. The third-order valence-electron chi connectivity index (χ3n) is 7.60. The number of nitrogens with zero attached hydrogens (tertiary/aromatic N) is 1. The molecule has 124 valence electrons. The number of piperidine rings is 1. The molecule has 4 atom stereocenters. The zero-order chi connectivity index (χ0) is 15.2. The average Bonchev–Trinajstić information content (AvgIpc) is 3.11. The molecule has 2 saturated heterocycles. The van der Waals surface area contributed by atoms with Crippen molar-refractivity contribution in [1.29, 1.82) is 0 Å². The van der Waals surface area contributed by atoms with Crippen LogP contribution in [0.1, 0.15) is 39.1 Å². The quantitative estimate of drug-likeness (QED) is 0.807. The van der Waals surface area contributed by atoms with E-state index >= 15 is 0 Å². The lowest BCUT2D eigenvalue weighted by Crippen LogP contribution is -2.59. The van der Waals surface area contributed by atoms with E-state index in [0.717, 1.165) is 50.1 Å². The predicted octanol–water partition coefficient (Wildman–Crippen LogP) is 3.15. The Hall–Kier alpha value is -1.13. The number of hydrogen-bond donors (Lipinski definition) is 1. The Morgan fingerprint density at radius 3 is 2.91 bits per heavy atom. The van der Waals surface area contributed by atoms with Crippen molar-refractivity contribution < 1.29 is 10.6 Å². The molecule has 2 aliphatic carbocycles. The molecule has 1 N–H and O–H groups in total. The first-order valence-electron chi connectivity index (χ1n) is 9.16. The molecule has 0 radical (unpaired) electrons. The Kier molecular flexibility index (Phi) is 2.35. The van der Waals surface area contributed by atoms with Crippen LogP contribution in [0.15, 0.2) is 18.2 Å². The molecule has 2 saturated carbocycles. The van der Waals surface area contributed by atoms with Crippen LogP contribution >= 0.6 is 0 Å². The average molecular weight is 316 g/mol. The number of anilines is 1. The Labute approximate surface area is 137 Å². The van der Waals surface area contributed by atoms with Gasteiger partial charge in [0.05, 0.1) is 6.10 Å². The maximum absolute atomic E-state index is 13.7. The van der Waals surface area contributed by atoms with Gasteiger partial charge in [0.25, 0.3) is 0 Å². The van der Waals surface area contributed by atoms with Crippen molar-refractivity contribution in [3.05, 3.63) is 29.6 Å². The van der Waals surface area contributed by atoms with Gasteiger partial charge < -0.3 is 10.1 Å². The van der Waals surface area contributed by atoms with E-state index in [1.54, 1.807) is 12.1 Å². The Morgan fingerprint density at radius 2 is 2.13 bits per heavy atom. The van der Waals surface area contributed by atoms with Crippen molar-refractivity contribution in [1.82, 2.24) is 4.90 Å². The topological polar surface area (TPSA) is 27.8 Å². The minimum atomic E-state index is -0.0990. The van der Waals surface area contributed by atoms with E-state index in [-0.39, 0.29) is 12.7 Å². The molecular formula is C19H25FN2O. The molecule has 1 aromatic rings. The molecule has 0 bridgehead atoms. The first kappa shape index (κ1) is 13.2. The second kappa shape index (κ2) is 4.09. The lowest BCUT2D eigenvalue weighted by molar-refractivity contribution is -0.0374. The molecule has 4 fully saturated rings. The highest BCUT2D eigenvalue weighted by molar-refractivity contribution is 5.60. The van der Waals surface area contributed by atoms with Crippen molar-refractivity contribution in [3.8, 4) is 0 Å². The number of ether oxygens (including phenoxy) is 1. The highest BCUT2D eigenvalue weighted by Gasteiger charge is 2.74. The van der Waals surface area contributed by atoms with Crippen LogP contribution in [-0.2, 0) is 10.2 Å². The van der Waals surface area contributed by atoms with E-state index < -0.39 is 0 Å². The number of nitrogens with one attached hydrogen (secondary N) is 1. The van der Waals surface area contributed by atoms with Crippen molar-refractivity contribution in [3.63, 3.8) is 0 Å². The van der Waals surface area contributed by atoms with E-state index in [0.29, 0.717) is 11.7 Å². The van der Waals surface area contributed by atoms with Crippen LogP contribution in [0.2, 0.25) is 0 Å². The molecule has 0 amide bonds. The van der Waals surface area contributed by atoms with Gasteiger partial charge in [0.1, 0.15) is 11.4 Å². The van der Waals surface area contributed by atoms with Crippen LogP contribution in [0.4, 0.5) is 10.1 Å². The molecular weight excluding hydrogens is 291 g/mol. The van der Waals surface area contributed by atoms with E-state index in [9.17, 15) is 4.39 Å².